The van der Waals surface area contributed by atoms with E-state index in [1.54, 1.807) is 0 Å². The van der Waals surface area contributed by atoms with Crippen molar-refractivity contribution in [2.24, 2.45) is 0 Å². The fourth-order valence-electron chi connectivity index (χ4n) is 5.08. The predicted octanol–water partition coefficient (Wildman–Crippen LogP) is 7.35. The van der Waals surface area contributed by atoms with Gasteiger partial charge in [-0.05, 0) is 92.7 Å². The number of aldehydes is 1. The zero-order valence-corrected chi connectivity index (χ0v) is 23.9. The first-order valence-electron chi connectivity index (χ1n) is 14.2. The minimum Gasteiger partial charge on any atom is -0.303 e. The number of likely N-dealkylation sites (N-methyl/N-ethyl adjacent to an activating group) is 1. The average Bonchev–Trinajstić information content (AvgIpc) is 2.93. The summed E-state index contributed by atoms with van der Waals surface area (Å²) in [4.78, 5) is 15.5. The molecule has 4 heteroatoms. The lowest BCUT2D eigenvalue weighted by Crippen LogP contribution is -2.29. The van der Waals surface area contributed by atoms with Crippen LogP contribution in [-0.4, -0.2) is 42.8 Å². The molecule has 0 fully saturated rings. The van der Waals surface area contributed by atoms with Crippen molar-refractivity contribution in [3.05, 3.63) is 89.0 Å². The van der Waals surface area contributed by atoms with Crippen molar-refractivity contribution in [2.75, 3.05) is 20.6 Å². The van der Waals surface area contributed by atoms with Gasteiger partial charge < -0.3 is 9.69 Å². The Bertz CT molecular complexity index is 1070. The molecule has 0 bridgehead atoms. The molecule has 204 valence electrons. The van der Waals surface area contributed by atoms with Crippen molar-refractivity contribution >= 4 is 12.4 Å². The van der Waals surface area contributed by atoms with Crippen molar-refractivity contribution in [3.63, 3.8) is 0 Å². The zero-order chi connectivity index (χ0) is 27.8. The SMILES string of the molecule is C=Cc1ccc(CCCCCCCN(C)Cc2ccc(C#N)cc2CC)cc1CN(C)C(C=C)CCC=O. The van der Waals surface area contributed by atoms with Crippen LogP contribution in [0.25, 0.3) is 6.08 Å². The number of hydrogen-bond acceptors (Lipinski definition) is 4. The first-order valence-corrected chi connectivity index (χ1v) is 14.2. The topological polar surface area (TPSA) is 47.3 Å². The summed E-state index contributed by atoms with van der Waals surface area (Å²) < 4.78 is 0. The highest BCUT2D eigenvalue weighted by Crippen LogP contribution is 2.20. The van der Waals surface area contributed by atoms with E-state index in [1.807, 2.05) is 24.3 Å². The normalized spacial score (nSPS) is 11.9. The maximum atomic E-state index is 10.8. The van der Waals surface area contributed by atoms with Crippen LogP contribution in [0.2, 0.25) is 0 Å². The number of rotatable bonds is 19. The van der Waals surface area contributed by atoms with E-state index in [1.165, 1.54) is 59.9 Å². The minimum atomic E-state index is 0.193. The van der Waals surface area contributed by atoms with Crippen molar-refractivity contribution in [1.29, 1.82) is 5.26 Å². The Morgan fingerprint density at radius 3 is 2.39 bits per heavy atom. The lowest BCUT2D eigenvalue weighted by atomic mass is 9.98. The standard InChI is InChI=1S/C34H47N3O/c1-6-30-19-17-28(23-33(30)27-37(5)34(8-3)16-14-22-38)15-12-10-9-11-13-21-36(4)26-32-20-18-29(25-35)24-31(32)7-2/h6,8,17-20,22-24,34H,1,3,7,9-16,21,26-27H2,2,4-5H3. The number of carbonyl (C=O) groups is 1. The number of carbonyl (C=O) groups excluding carboxylic acids is 1. The number of unbranched alkanes of at least 4 members (excludes halogenated alkanes) is 4. The minimum absolute atomic E-state index is 0.193. The monoisotopic (exact) mass is 513 g/mol. The first kappa shape index (κ1) is 31.2. The third-order valence-corrected chi connectivity index (χ3v) is 7.43. The second-order valence-electron chi connectivity index (χ2n) is 10.4. The Balaban J connectivity index is 1.74. The summed E-state index contributed by atoms with van der Waals surface area (Å²) in [7, 11) is 4.29. The van der Waals surface area contributed by atoms with E-state index in [4.69, 9.17) is 5.26 Å². The zero-order valence-electron chi connectivity index (χ0n) is 23.9. The molecule has 0 amide bonds. The predicted molar refractivity (Wildman–Crippen MR) is 161 cm³/mol. The van der Waals surface area contributed by atoms with Gasteiger partial charge in [-0.15, -0.1) is 6.58 Å². The number of benzene rings is 2. The third kappa shape index (κ3) is 10.4. The molecule has 0 aliphatic rings. The Hall–Kier alpha value is -3.00. The molecule has 0 saturated carbocycles. The fourth-order valence-corrected chi connectivity index (χ4v) is 5.08. The number of nitriles is 1. The highest BCUT2D eigenvalue weighted by atomic mass is 16.1. The van der Waals surface area contributed by atoms with Crippen LogP contribution in [0.4, 0.5) is 0 Å². The van der Waals surface area contributed by atoms with E-state index in [2.05, 4.69) is 74.3 Å². The lowest BCUT2D eigenvalue weighted by Gasteiger charge is -2.26. The number of nitrogens with zero attached hydrogens (tertiary/aromatic N) is 3. The van der Waals surface area contributed by atoms with E-state index >= 15 is 0 Å². The molecule has 2 aromatic rings. The van der Waals surface area contributed by atoms with E-state index in [-0.39, 0.29) is 6.04 Å². The lowest BCUT2D eigenvalue weighted by molar-refractivity contribution is -0.108. The third-order valence-electron chi connectivity index (χ3n) is 7.43. The van der Waals surface area contributed by atoms with E-state index in [0.29, 0.717) is 6.42 Å². The molecule has 2 aromatic carbocycles. The molecular formula is C34H47N3O. The van der Waals surface area contributed by atoms with Gasteiger partial charge in [0.2, 0.25) is 0 Å². The summed E-state index contributed by atoms with van der Waals surface area (Å²) in [6.45, 7) is 13.0. The Kier molecular flexibility index (Phi) is 14.4. The molecule has 0 spiro atoms. The largest absolute Gasteiger partial charge is 0.303 e. The summed E-state index contributed by atoms with van der Waals surface area (Å²) in [5.41, 5.74) is 7.22. The van der Waals surface area contributed by atoms with Gasteiger partial charge in [0.1, 0.15) is 6.29 Å². The van der Waals surface area contributed by atoms with Gasteiger partial charge >= 0.3 is 0 Å². The van der Waals surface area contributed by atoms with Crippen LogP contribution >= 0.6 is 0 Å². The van der Waals surface area contributed by atoms with E-state index in [9.17, 15) is 4.79 Å². The average molecular weight is 514 g/mol. The van der Waals surface area contributed by atoms with Crippen molar-refractivity contribution < 1.29 is 4.79 Å². The van der Waals surface area contributed by atoms with Gasteiger partial charge in [-0.25, -0.2) is 0 Å². The van der Waals surface area contributed by atoms with Crippen molar-refractivity contribution in [1.82, 2.24) is 9.80 Å². The molecule has 0 N–H and O–H groups in total. The highest BCUT2D eigenvalue weighted by Gasteiger charge is 2.13. The fraction of sp³-hybridized carbons (Fsp3) is 0.471. The summed E-state index contributed by atoms with van der Waals surface area (Å²) in [5.74, 6) is 0. The van der Waals surface area contributed by atoms with Crippen molar-refractivity contribution in [2.45, 2.75) is 83.8 Å². The van der Waals surface area contributed by atoms with Gasteiger partial charge in [-0.1, -0.05) is 69.2 Å². The molecule has 0 aliphatic carbocycles. The molecule has 2 rings (SSSR count). The molecule has 0 radical (unpaired) electrons. The quantitative estimate of drug-likeness (QED) is 0.112. The maximum Gasteiger partial charge on any atom is 0.120 e. The van der Waals surface area contributed by atoms with Crippen LogP contribution in [0.1, 0.15) is 85.3 Å². The summed E-state index contributed by atoms with van der Waals surface area (Å²) >= 11 is 0. The van der Waals surface area contributed by atoms with Gasteiger partial charge in [0.15, 0.2) is 0 Å². The Morgan fingerprint density at radius 2 is 1.71 bits per heavy atom. The Morgan fingerprint density at radius 1 is 0.947 bits per heavy atom. The summed E-state index contributed by atoms with van der Waals surface area (Å²) in [6, 6.07) is 15.3. The second kappa shape index (κ2) is 17.5. The van der Waals surface area contributed by atoms with Crippen LogP contribution in [-0.2, 0) is 30.7 Å². The maximum absolute atomic E-state index is 10.8. The van der Waals surface area contributed by atoms with Gasteiger partial charge in [0, 0.05) is 25.6 Å². The van der Waals surface area contributed by atoms with Crippen molar-refractivity contribution in [3.8, 4) is 6.07 Å². The van der Waals surface area contributed by atoms with Gasteiger partial charge in [0.05, 0.1) is 11.6 Å². The molecule has 0 aromatic heterocycles. The summed E-state index contributed by atoms with van der Waals surface area (Å²) in [5, 5.41) is 9.14. The highest BCUT2D eigenvalue weighted by molar-refractivity contribution is 5.53. The number of aryl methyl sites for hydroxylation is 2. The van der Waals surface area contributed by atoms with Crippen LogP contribution in [0.5, 0.6) is 0 Å². The van der Waals surface area contributed by atoms with Crippen LogP contribution in [0.15, 0.2) is 55.6 Å². The Labute approximate surface area is 231 Å². The summed E-state index contributed by atoms with van der Waals surface area (Å²) in [6.07, 6.45) is 14.5. The molecule has 1 unspecified atom stereocenters. The molecule has 0 aliphatic heterocycles. The van der Waals surface area contributed by atoms with Gasteiger partial charge in [-0.3, -0.25) is 4.90 Å². The van der Waals surface area contributed by atoms with Crippen LogP contribution in [0, 0.1) is 11.3 Å². The molecule has 38 heavy (non-hydrogen) atoms. The van der Waals surface area contributed by atoms with Crippen LogP contribution in [0.3, 0.4) is 0 Å². The second-order valence-corrected chi connectivity index (χ2v) is 10.4. The van der Waals surface area contributed by atoms with E-state index < -0.39 is 0 Å². The van der Waals surface area contributed by atoms with E-state index in [0.717, 1.165) is 50.7 Å². The smallest absolute Gasteiger partial charge is 0.120 e. The molecule has 0 heterocycles. The molecule has 0 saturated heterocycles. The molecular weight excluding hydrogens is 466 g/mol. The van der Waals surface area contributed by atoms with Gasteiger partial charge in [-0.2, -0.15) is 5.26 Å². The molecule has 4 nitrogen and oxygen atoms in total. The van der Waals surface area contributed by atoms with Crippen LogP contribution < -0.4 is 0 Å². The molecule has 1 atom stereocenters. The first-order chi connectivity index (χ1) is 18.4. The number of hydrogen-bond donors (Lipinski definition) is 0. The van der Waals surface area contributed by atoms with Gasteiger partial charge in [0.25, 0.3) is 0 Å².